The molecule has 0 aliphatic rings. The fourth-order valence-corrected chi connectivity index (χ4v) is 2.81. The van der Waals surface area contributed by atoms with Gasteiger partial charge in [0.2, 0.25) is 0 Å². The van der Waals surface area contributed by atoms with Crippen LogP contribution in [-0.4, -0.2) is 16.4 Å². The highest BCUT2D eigenvalue weighted by Gasteiger charge is 2.28. The second-order valence-electron chi connectivity index (χ2n) is 7.28. The number of benzene rings is 1. The van der Waals surface area contributed by atoms with Gasteiger partial charge < -0.3 is 5.32 Å². The molecule has 0 aliphatic carbocycles. The molecule has 116 valence electrons. The van der Waals surface area contributed by atoms with Crippen molar-refractivity contribution in [2.24, 2.45) is 5.41 Å². The highest BCUT2D eigenvalue weighted by Crippen LogP contribution is 2.28. The fourth-order valence-electron chi connectivity index (χ4n) is 2.81. The van der Waals surface area contributed by atoms with E-state index in [0.29, 0.717) is 11.1 Å². The number of nitro benzene ring substituents is 1. The Morgan fingerprint density at radius 3 is 2.29 bits per heavy atom. The van der Waals surface area contributed by atoms with Crippen molar-refractivity contribution >= 4 is 11.6 Å². The van der Waals surface area contributed by atoms with Gasteiger partial charge in [-0.05, 0) is 38.7 Å². The normalized spacial score (nSPS) is 12.1. The summed E-state index contributed by atoms with van der Waals surface area (Å²) in [7, 11) is 0. The Kier molecular flexibility index (Phi) is 4.76. The first-order valence-electron chi connectivity index (χ1n) is 6.99. The second-order valence-corrected chi connectivity index (χ2v) is 7.28. The summed E-state index contributed by atoms with van der Waals surface area (Å²) in [6.45, 7) is 11.9. The van der Waals surface area contributed by atoms with Gasteiger partial charge in [-0.2, -0.15) is 0 Å². The van der Waals surface area contributed by atoms with Crippen molar-refractivity contribution in [1.29, 1.82) is 0 Å². The van der Waals surface area contributed by atoms with Crippen LogP contribution in [0.15, 0.2) is 18.2 Å². The lowest BCUT2D eigenvalue weighted by molar-refractivity contribution is -0.385. The largest absolute Gasteiger partial charge is 0.347 e. The molecule has 0 bridgehead atoms. The second kappa shape index (κ2) is 5.84. The lowest BCUT2D eigenvalue weighted by Gasteiger charge is -2.33. The van der Waals surface area contributed by atoms with E-state index in [1.165, 1.54) is 12.1 Å². The summed E-state index contributed by atoms with van der Waals surface area (Å²) in [6, 6.07) is 4.56. The molecule has 1 amide bonds. The molecular formula is C16H24N2O3. The minimum atomic E-state index is -0.466. The molecule has 0 saturated carbocycles. The molecule has 0 fully saturated rings. The molecule has 0 heterocycles. The van der Waals surface area contributed by atoms with Gasteiger partial charge in [0.15, 0.2) is 0 Å². The number of carbonyl (C=O) groups excluding carboxylic acids is 1. The van der Waals surface area contributed by atoms with Gasteiger partial charge >= 0.3 is 0 Å². The van der Waals surface area contributed by atoms with Crippen LogP contribution in [0.3, 0.4) is 0 Å². The zero-order chi connectivity index (χ0) is 16.4. The first kappa shape index (κ1) is 17.1. The van der Waals surface area contributed by atoms with Gasteiger partial charge in [-0.3, -0.25) is 14.9 Å². The monoisotopic (exact) mass is 292 g/mol. The van der Waals surface area contributed by atoms with Crippen LogP contribution in [0.4, 0.5) is 5.69 Å². The molecule has 1 N–H and O–H groups in total. The molecule has 0 aliphatic heterocycles. The van der Waals surface area contributed by atoms with Crippen molar-refractivity contribution in [2.45, 2.75) is 53.5 Å². The highest BCUT2D eigenvalue weighted by molar-refractivity contribution is 5.97. The first-order chi connectivity index (χ1) is 9.43. The maximum Gasteiger partial charge on any atom is 0.273 e. The number of hydrogen-bond donors (Lipinski definition) is 1. The Morgan fingerprint density at radius 1 is 1.24 bits per heavy atom. The summed E-state index contributed by atoms with van der Waals surface area (Å²) in [5.74, 6) is -0.273. The maximum absolute atomic E-state index is 12.4. The zero-order valence-electron chi connectivity index (χ0n) is 13.6. The van der Waals surface area contributed by atoms with Crippen LogP contribution >= 0.6 is 0 Å². The van der Waals surface area contributed by atoms with Crippen molar-refractivity contribution in [3.63, 3.8) is 0 Å². The maximum atomic E-state index is 12.4. The van der Waals surface area contributed by atoms with Crippen molar-refractivity contribution in [3.05, 3.63) is 39.4 Å². The Balaban J connectivity index is 3.00. The van der Waals surface area contributed by atoms with Gasteiger partial charge in [-0.25, -0.2) is 0 Å². The minimum absolute atomic E-state index is 0.0312. The van der Waals surface area contributed by atoms with E-state index in [0.717, 1.165) is 6.42 Å². The summed E-state index contributed by atoms with van der Waals surface area (Å²) in [6.07, 6.45) is 0.805. The Morgan fingerprint density at radius 2 is 1.81 bits per heavy atom. The molecule has 0 aromatic heterocycles. The fraction of sp³-hybridized carbons (Fsp3) is 0.562. The van der Waals surface area contributed by atoms with E-state index in [2.05, 4.69) is 26.1 Å². The Bertz CT molecular complexity index is 557. The summed E-state index contributed by atoms with van der Waals surface area (Å²) in [5, 5.41) is 13.9. The van der Waals surface area contributed by atoms with Crippen molar-refractivity contribution in [1.82, 2.24) is 5.32 Å². The molecule has 0 saturated heterocycles. The summed E-state index contributed by atoms with van der Waals surface area (Å²) < 4.78 is 0. The van der Waals surface area contributed by atoms with Crippen LogP contribution in [0.2, 0.25) is 0 Å². The third-order valence-electron chi connectivity index (χ3n) is 3.17. The van der Waals surface area contributed by atoms with Crippen LogP contribution in [0.25, 0.3) is 0 Å². The molecule has 1 aromatic rings. The molecule has 0 radical (unpaired) electrons. The predicted octanol–water partition coefficient (Wildman–Crippen LogP) is 3.85. The number of rotatable bonds is 4. The van der Waals surface area contributed by atoms with Gasteiger partial charge in [0.05, 0.1) is 4.92 Å². The molecule has 0 spiro atoms. The van der Waals surface area contributed by atoms with E-state index in [9.17, 15) is 14.9 Å². The van der Waals surface area contributed by atoms with Gasteiger partial charge in [0.25, 0.3) is 11.6 Å². The number of nitro groups is 1. The van der Waals surface area contributed by atoms with Crippen molar-refractivity contribution < 1.29 is 9.72 Å². The van der Waals surface area contributed by atoms with Crippen LogP contribution in [0.1, 0.15) is 57.0 Å². The molecule has 5 heteroatoms. The van der Waals surface area contributed by atoms with E-state index < -0.39 is 4.92 Å². The third kappa shape index (κ3) is 4.85. The number of amides is 1. The van der Waals surface area contributed by atoms with Gasteiger partial charge in [-0.1, -0.05) is 26.8 Å². The summed E-state index contributed by atoms with van der Waals surface area (Å²) in [4.78, 5) is 22.9. The average Bonchev–Trinajstić information content (AvgIpc) is 2.24. The van der Waals surface area contributed by atoms with Crippen molar-refractivity contribution in [2.75, 3.05) is 0 Å². The number of nitrogens with zero attached hydrogens (tertiary/aromatic N) is 1. The SMILES string of the molecule is Cc1c(C(=O)NC(C)(C)CC(C)(C)C)cccc1[N+](=O)[O-]. The quantitative estimate of drug-likeness (QED) is 0.676. The molecule has 1 rings (SSSR count). The van der Waals surface area contributed by atoms with Gasteiger partial charge in [-0.15, -0.1) is 0 Å². The topological polar surface area (TPSA) is 72.2 Å². The molecule has 0 atom stereocenters. The molecule has 0 unspecified atom stereocenters. The molecular weight excluding hydrogens is 268 g/mol. The molecule has 5 nitrogen and oxygen atoms in total. The number of carbonyl (C=O) groups is 1. The van der Waals surface area contributed by atoms with Crippen LogP contribution in [-0.2, 0) is 0 Å². The van der Waals surface area contributed by atoms with Crippen LogP contribution in [0.5, 0.6) is 0 Å². The van der Waals surface area contributed by atoms with Gasteiger partial charge in [0.1, 0.15) is 0 Å². The van der Waals surface area contributed by atoms with E-state index >= 15 is 0 Å². The van der Waals surface area contributed by atoms with Crippen LogP contribution < -0.4 is 5.32 Å². The average molecular weight is 292 g/mol. The van der Waals surface area contributed by atoms with Crippen molar-refractivity contribution in [3.8, 4) is 0 Å². The summed E-state index contributed by atoms with van der Waals surface area (Å²) >= 11 is 0. The van der Waals surface area contributed by atoms with E-state index in [-0.39, 0.29) is 22.5 Å². The third-order valence-corrected chi connectivity index (χ3v) is 3.17. The van der Waals surface area contributed by atoms with Gasteiger partial charge in [0, 0.05) is 22.7 Å². The molecule has 21 heavy (non-hydrogen) atoms. The lowest BCUT2D eigenvalue weighted by atomic mass is 9.81. The van der Waals surface area contributed by atoms with E-state index in [1.54, 1.807) is 13.0 Å². The van der Waals surface area contributed by atoms with E-state index in [1.807, 2.05) is 13.8 Å². The zero-order valence-corrected chi connectivity index (χ0v) is 13.6. The Hall–Kier alpha value is -1.91. The number of nitrogens with one attached hydrogen (secondary N) is 1. The smallest absolute Gasteiger partial charge is 0.273 e. The standard InChI is InChI=1S/C16H24N2O3/c1-11-12(8-7-9-13(11)18(20)21)14(19)17-16(5,6)10-15(2,3)4/h7-9H,10H2,1-6H3,(H,17,19). The lowest BCUT2D eigenvalue weighted by Crippen LogP contribution is -2.46. The summed E-state index contributed by atoms with van der Waals surface area (Å²) in [5.41, 5.74) is 0.412. The first-order valence-corrected chi connectivity index (χ1v) is 6.99. The minimum Gasteiger partial charge on any atom is -0.347 e. The van der Waals surface area contributed by atoms with Crippen LogP contribution in [0, 0.1) is 22.5 Å². The van der Waals surface area contributed by atoms with E-state index in [4.69, 9.17) is 0 Å². The predicted molar refractivity (Wildman–Crippen MR) is 83.5 cm³/mol. The number of hydrogen-bond acceptors (Lipinski definition) is 3. The molecule has 1 aromatic carbocycles. The Labute approximate surface area is 125 Å². The highest BCUT2D eigenvalue weighted by atomic mass is 16.6.